The summed E-state index contributed by atoms with van der Waals surface area (Å²) in [5, 5.41) is 0. The van der Waals surface area contributed by atoms with Crippen LogP contribution in [0.25, 0.3) is 0 Å². The minimum absolute atomic E-state index is 0.268. The second-order valence-corrected chi connectivity index (χ2v) is 21.3. The van der Waals surface area contributed by atoms with Crippen molar-refractivity contribution in [2.75, 3.05) is 0 Å². The van der Waals surface area contributed by atoms with E-state index in [1.165, 1.54) is 94.5 Å². The van der Waals surface area contributed by atoms with Crippen LogP contribution in [-0.2, 0) is 10.3 Å². The highest BCUT2D eigenvalue weighted by Gasteiger charge is 2.48. The third-order valence-electron chi connectivity index (χ3n) is 12.3. The lowest BCUT2D eigenvalue weighted by Crippen LogP contribution is -2.43. The molecule has 1 nitrogen and oxygen atoms in total. The molecule has 4 fully saturated rings. The quantitative estimate of drug-likeness (QED) is 0.224. The van der Waals surface area contributed by atoms with Crippen LogP contribution >= 0.6 is 0 Å². The fraction of sp³-hybridized carbons (Fsp3) is 0.632. The van der Waals surface area contributed by atoms with Crippen molar-refractivity contribution < 1.29 is 4.65 Å². The smallest absolute Gasteiger partial charge is 0.305 e. The third-order valence-corrected chi connectivity index (χ3v) is 15.2. The molecule has 0 spiro atoms. The summed E-state index contributed by atoms with van der Waals surface area (Å²) in [7, 11) is -1.26. The summed E-state index contributed by atoms with van der Waals surface area (Å²) in [4.78, 5) is 0. The van der Waals surface area contributed by atoms with E-state index >= 15 is 0 Å². The molecule has 4 heteroatoms. The second-order valence-electron chi connectivity index (χ2n) is 15.9. The summed E-state index contributed by atoms with van der Waals surface area (Å²) in [5.74, 6) is 3.77. The van der Waals surface area contributed by atoms with E-state index in [0.29, 0.717) is 11.6 Å². The molecule has 4 saturated heterocycles. The van der Waals surface area contributed by atoms with Crippen LogP contribution in [0.1, 0.15) is 101 Å². The lowest BCUT2D eigenvalue weighted by molar-refractivity contribution is 0.129. The molecule has 2 unspecified atom stereocenters. The Hall–Kier alpha value is -1.51. The fourth-order valence-electron chi connectivity index (χ4n) is 10.5. The highest BCUT2D eigenvalue weighted by Crippen LogP contribution is 2.52. The van der Waals surface area contributed by atoms with Gasteiger partial charge in [-0.15, -0.1) is 0 Å². The van der Waals surface area contributed by atoms with Gasteiger partial charge in [0.2, 0.25) is 0 Å². The van der Waals surface area contributed by atoms with Crippen molar-refractivity contribution in [3.63, 3.8) is 0 Å². The molecule has 224 valence electrons. The van der Waals surface area contributed by atoms with Gasteiger partial charge in [-0.25, -0.2) is 0 Å². The van der Waals surface area contributed by atoms with Gasteiger partial charge in [0, 0.05) is 8.07 Å². The molecule has 3 atom stereocenters. The van der Waals surface area contributed by atoms with Crippen molar-refractivity contribution in [2.45, 2.75) is 138 Å². The highest BCUT2D eigenvalue weighted by atomic mass is 28.3. The number of hydrogen-bond acceptors (Lipinski definition) is 1. The van der Waals surface area contributed by atoms with Gasteiger partial charge in [-0.05, 0) is 41.5 Å². The summed E-state index contributed by atoms with van der Waals surface area (Å²) in [5.41, 5.74) is 3.37. The molecule has 4 heterocycles. The van der Waals surface area contributed by atoms with Gasteiger partial charge in [0.25, 0.3) is 0 Å². The average Bonchev–Trinajstić information content (AvgIpc) is 3.39. The van der Waals surface area contributed by atoms with E-state index in [2.05, 4.69) is 99.4 Å². The van der Waals surface area contributed by atoms with Crippen LogP contribution in [0.4, 0.5) is 0 Å². The van der Waals surface area contributed by atoms with E-state index in [1.54, 1.807) is 0 Å². The second kappa shape index (κ2) is 13.2. The molecule has 0 amide bonds. The van der Waals surface area contributed by atoms with Crippen LogP contribution < -0.4 is 0 Å². The van der Waals surface area contributed by atoms with Crippen molar-refractivity contribution in [3.8, 4) is 0 Å². The number of benzene rings is 2. The molecule has 4 bridgehead atoms. The highest BCUT2D eigenvalue weighted by molar-refractivity contribution is 6.90. The number of rotatable bonds is 8. The predicted molar refractivity (Wildman–Crippen MR) is 186 cm³/mol. The average molecular weight is 579 g/mol. The van der Waals surface area contributed by atoms with Gasteiger partial charge in [0.05, 0.1) is 5.60 Å². The van der Waals surface area contributed by atoms with Gasteiger partial charge < -0.3 is 4.65 Å². The Balaban J connectivity index is 1.33. The predicted octanol–water partition coefficient (Wildman–Crippen LogP) is 11.2. The first-order valence-corrected chi connectivity index (χ1v) is 21.4. The first-order valence-electron chi connectivity index (χ1n) is 17.8. The standard InChI is InChI=1S/C38H56B2OSi/c1-38(33-22-9-6-10-23-33,28-15-29-39-34-24-13-20-32(21-14-25-34)37(39)42(2,3)4)41-40-35-26-11-18-31(19-12-27-35)36(40)30-16-7-5-8-17-30/h5-10,15-17,22-23,28,31-32,34-37H,11-14,18-21,24-27,29H2,1-4H3/b28-15+/t31?,32?,34?,35?,36?,37?,38-/m1/s1. The third kappa shape index (κ3) is 6.61. The Morgan fingerprint density at radius 3 is 1.88 bits per heavy atom. The maximum absolute atomic E-state index is 7.64. The topological polar surface area (TPSA) is 9.23 Å². The van der Waals surface area contributed by atoms with Gasteiger partial charge >= 0.3 is 6.92 Å². The van der Waals surface area contributed by atoms with Crippen LogP contribution in [0.5, 0.6) is 0 Å². The first kappa shape index (κ1) is 30.5. The maximum atomic E-state index is 7.64. The zero-order valence-electron chi connectivity index (χ0n) is 27.1. The zero-order valence-corrected chi connectivity index (χ0v) is 28.1. The number of fused-ring (bicyclic) bond motifs is 6. The Kier molecular flexibility index (Phi) is 9.61. The summed E-state index contributed by atoms with van der Waals surface area (Å²) in [6, 6.07) is 22.6. The SMILES string of the molecule is C[C@](/C=C/CB1C2CCCC(CCC2)C1[Si](C)(C)C)(OB1C2CCCC(CCC2)C1c1ccccc1)c1ccccc1. The minimum Gasteiger partial charge on any atom is -0.423 e. The number of allylic oxidation sites excluding steroid dienone is 1. The van der Waals surface area contributed by atoms with Crippen molar-refractivity contribution in [1.29, 1.82) is 0 Å². The molecule has 0 aliphatic carbocycles. The fourth-order valence-corrected chi connectivity index (χ4v) is 14.0. The van der Waals surface area contributed by atoms with E-state index in [-0.39, 0.29) is 6.92 Å². The van der Waals surface area contributed by atoms with E-state index in [1.807, 2.05) is 0 Å². The van der Waals surface area contributed by atoms with E-state index in [9.17, 15) is 0 Å². The molecule has 2 aromatic carbocycles. The molecule has 0 N–H and O–H groups in total. The maximum Gasteiger partial charge on any atom is 0.305 e. The van der Waals surface area contributed by atoms with Crippen LogP contribution in [0.15, 0.2) is 72.8 Å². The largest absolute Gasteiger partial charge is 0.423 e. The normalized spacial score (nSPS) is 31.8. The molecule has 2 aromatic rings. The molecule has 6 rings (SSSR count). The van der Waals surface area contributed by atoms with Crippen LogP contribution in [0.2, 0.25) is 43.0 Å². The summed E-state index contributed by atoms with van der Waals surface area (Å²) in [6.45, 7) is 11.5. The van der Waals surface area contributed by atoms with Gasteiger partial charge in [-0.1, -0.05) is 187 Å². The minimum atomic E-state index is -1.26. The van der Waals surface area contributed by atoms with Gasteiger partial charge in [-0.3, -0.25) is 0 Å². The molecular weight excluding hydrogens is 522 g/mol. The molecule has 0 saturated carbocycles. The van der Waals surface area contributed by atoms with Crippen molar-refractivity contribution in [2.24, 2.45) is 11.8 Å². The van der Waals surface area contributed by atoms with Crippen LogP contribution in [0, 0.1) is 11.8 Å². The molecule has 0 aromatic heterocycles. The first-order chi connectivity index (χ1) is 20.3. The van der Waals surface area contributed by atoms with E-state index < -0.39 is 13.7 Å². The lowest BCUT2D eigenvalue weighted by Gasteiger charge is -2.40. The van der Waals surface area contributed by atoms with Crippen LogP contribution in [0.3, 0.4) is 0 Å². The Bertz CT molecular complexity index is 1140. The summed E-state index contributed by atoms with van der Waals surface area (Å²) < 4.78 is 7.64. The zero-order chi connectivity index (χ0) is 29.2. The molecule has 42 heavy (non-hydrogen) atoms. The summed E-state index contributed by atoms with van der Waals surface area (Å²) >= 11 is 0. The van der Waals surface area contributed by atoms with Gasteiger partial charge in [-0.2, -0.15) is 0 Å². The Morgan fingerprint density at radius 2 is 1.29 bits per heavy atom. The van der Waals surface area contributed by atoms with Gasteiger partial charge in [0.15, 0.2) is 0 Å². The van der Waals surface area contributed by atoms with E-state index in [4.69, 9.17) is 4.65 Å². The monoisotopic (exact) mass is 578 g/mol. The van der Waals surface area contributed by atoms with Crippen LogP contribution in [-0.4, -0.2) is 21.7 Å². The molecular formula is C38H56B2OSi. The summed E-state index contributed by atoms with van der Waals surface area (Å²) in [6.07, 6.45) is 23.3. The molecule has 0 radical (unpaired) electrons. The Labute approximate surface area is 259 Å². The van der Waals surface area contributed by atoms with Gasteiger partial charge in [0.1, 0.15) is 6.71 Å². The lowest BCUT2D eigenvalue weighted by atomic mass is 9.35. The van der Waals surface area contributed by atoms with Crippen molar-refractivity contribution >= 4 is 21.7 Å². The van der Waals surface area contributed by atoms with Crippen molar-refractivity contribution in [3.05, 3.63) is 83.9 Å². The number of hydrogen-bond donors (Lipinski definition) is 0. The molecule has 4 aliphatic rings. The molecule has 4 aliphatic heterocycles. The Morgan fingerprint density at radius 1 is 0.738 bits per heavy atom. The van der Waals surface area contributed by atoms with Crippen molar-refractivity contribution in [1.82, 2.24) is 0 Å². The van der Waals surface area contributed by atoms with E-state index in [0.717, 1.165) is 29.8 Å².